The number of nitrogens with zero attached hydrogens (tertiary/aromatic N) is 1. The molecule has 1 unspecified atom stereocenters. The first-order valence-electron chi connectivity index (χ1n) is 8.83. The lowest BCUT2D eigenvalue weighted by molar-refractivity contribution is 0.223. The molecule has 2 N–H and O–H groups in total. The zero-order valence-corrected chi connectivity index (χ0v) is 16.4. The third-order valence-corrected chi connectivity index (χ3v) is 5.29. The Morgan fingerprint density at radius 2 is 1.96 bits per heavy atom. The van der Waals surface area contributed by atoms with Crippen LogP contribution < -0.4 is 15.4 Å². The first-order chi connectivity index (χ1) is 12.2. The average Bonchev–Trinajstić information content (AvgIpc) is 3.30. The second-order valence-electron chi connectivity index (χ2n) is 7.03. The largest absolute Gasteiger partial charge is 0.489 e. The molecule has 1 aromatic carbocycles. The number of halogens is 1. The fourth-order valence-electron chi connectivity index (χ4n) is 2.70. The van der Waals surface area contributed by atoms with Crippen LogP contribution in [0.25, 0.3) is 0 Å². The van der Waals surface area contributed by atoms with Crippen LogP contribution in [0, 0.1) is 11.2 Å². The molecule has 1 aromatic rings. The van der Waals surface area contributed by atoms with E-state index in [1.807, 2.05) is 13.8 Å². The smallest absolute Gasteiger partial charge is 0.191 e. The summed E-state index contributed by atoms with van der Waals surface area (Å²) in [5.41, 5.74) is -0.202. The first kappa shape index (κ1) is 20.5. The van der Waals surface area contributed by atoms with E-state index in [1.54, 1.807) is 12.1 Å². The van der Waals surface area contributed by atoms with E-state index in [0.717, 1.165) is 12.8 Å². The summed E-state index contributed by atoms with van der Waals surface area (Å²) in [6.45, 7) is 5.59. The molecular weight excluding hydrogens is 357 g/mol. The first-order valence-corrected chi connectivity index (χ1v) is 10.9. The van der Waals surface area contributed by atoms with Crippen LogP contribution in [0.4, 0.5) is 4.39 Å². The number of sulfone groups is 1. The van der Waals surface area contributed by atoms with Gasteiger partial charge >= 0.3 is 0 Å². The van der Waals surface area contributed by atoms with Gasteiger partial charge in [0.25, 0.3) is 0 Å². The molecule has 6 nitrogen and oxygen atoms in total. The fourth-order valence-corrected chi connectivity index (χ4v) is 4.19. The van der Waals surface area contributed by atoms with E-state index in [0.29, 0.717) is 31.3 Å². The Bertz CT molecular complexity index is 716. The number of rotatable bonds is 9. The van der Waals surface area contributed by atoms with Crippen LogP contribution in [0.2, 0.25) is 0 Å². The van der Waals surface area contributed by atoms with Crippen LogP contribution in [0.3, 0.4) is 0 Å². The molecule has 8 heteroatoms. The number of hydrogen-bond acceptors (Lipinski definition) is 4. The maximum Gasteiger partial charge on any atom is 0.191 e. The van der Waals surface area contributed by atoms with Gasteiger partial charge in [-0.2, -0.15) is 0 Å². The zero-order valence-electron chi connectivity index (χ0n) is 15.6. The maximum absolute atomic E-state index is 12.9. The summed E-state index contributed by atoms with van der Waals surface area (Å²) in [5.74, 6) is 1.13. The van der Waals surface area contributed by atoms with E-state index >= 15 is 0 Å². The summed E-state index contributed by atoms with van der Waals surface area (Å²) in [4.78, 5) is 4.55. The van der Waals surface area contributed by atoms with Crippen LogP contribution in [0.1, 0.15) is 26.7 Å². The van der Waals surface area contributed by atoms with Crippen molar-refractivity contribution in [2.45, 2.75) is 32.8 Å². The Labute approximate surface area is 155 Å². The quantitative estimate of drug-likeness (QED) is 0.502. The highest BCUT2D eigenvalue weighted by Gasteiger charge is 2.45. The summed E-state index contributed by atoms with van der Waals surface area (Å²) in [7, 11) is -3.00. The molecule has 1 atom stereocenters. The lowest BCUT2D eigenvalue weighted by atomic mass is 10.1. The second kappa shape index (κ2) is 8.70. The Morgan fingerprint density at radius 1 is 1.31 bits per heavy atom. The lowest BCUT2D eigenvalue weighted by Crippen LogP contribution is -2.42. The number of ether oxygens (including phenoxy) is 1. The molecule has 0 aromatic heterocycles. The molecule has 1 aliphatic rings. The molecule has 1 fully saturated rings. The van der Waals surface area contributed by atoms with E-state index in [2.05, 4.69) is 15.6 Å². The van der Waals surface area contributed by atoms with Gasteiger partial charge in [-0.25, -0.2) is 12.8 Å². The van der Waals surface area contributed by atoms with Crippen molar-refractivity contribution in [1.82, 2.24) is 10.6 Å². The summed E-state index contributed by atoms with van der Waals surface area (Å²) in [6, 6.07) is 5.90. The number of aliphatic imine (C=N–C) groups is 1. The predicted molar refractivity (Wildman–Crippen MR) is 102 cm³/mol. The number of guanidine groups is 1. The van der Waals surface area contributed by atoms with Crippen LogP contribution in [-0.2, 0) is 9.84 Å². The third-order valence-electron chi connectivity index (χ3n) is 4.15. The normalized spacial score (nSPS) is 17.5. The Morgan fingerprint density at radius 3 is 2.50 bits per heavy atom. The molecule has 2 rings (SSSR count). The van der Waals surface area contributed by atoms with Crippen LogP contribution >= 0.6 is 0 Å². The van der Waals surface area contributed by atoms with E-state index in [1.165, 1.54) is 18.4 Å². The van der Waals surface area contributed by atoms with E-state index in [-0.39, 0.29) is 23.1 Å². The van der Waals surface area contributed by atoms with E-state index in [9.17, 15) is 12.8 Å². The summed E-state index contributed by atoms with van der Waals surface area (Å²) in [5, 5.41) is 6.36. The van der Waals surface area contributed by atoms with Gasteiger partial charge in [-0.3, -0.25) is 4.99 Å². The molecule has 0 spiro atoms. The van der Waals surface area contributed by atoms with Crippen molar-refractivity contribution >= 4 is 15.8 Å². The molecule has 0 aliphatic heterocycles. The molecule has 1 aliphatic carbocycles. The van der Waals surface area contributed by atoms with Crippen LogP contribution in [-0.4, -0.2) is 52.1 Å². The van der Waals surface area contributed by atoms with E-state index in [4.69, 9.17) is 4.74 Å². The van der Waals surface area contributed by atoms with Crippen molar-refractivity contribution in [2.24, 2.45) is 10.4 Å². The Kier molecular flexibility index (Phi) is 6.86. The summed E-state index contributed by atoms with van der Waals surface area (Å²) in [6.07, 6.45) is 2.92. The topological polar surface area (TPSA) is 79.8 Å². The SMILES string of the molecule is CCNC(=NCC1(CS(C)(=O)=O)CC1)NCC(C)Oc1ccc(F)cc1. The molecule has 0 bridgehead atoms. The molecule has 0 saturated heterocycles. The number of hydrogen-bond donors (Lipinski definition) is 2. The van der Waals surface area contributed by atoms with Crippen molar-refractivity contribution in [3.63, 3.8) is 0 Å². The minimum absolute atomic E-state index is 0.143. The Hall–Kier alpha value is -1.83. The summed E-state index contributed by atoms with van der Waals surface area (Å²) < 4.78 is 41.7. The second-order valence-corrected chi connectivity index (χ2v) is 9.17. The van der Waals surface area contributed by atoms with Gasteiger partial charge in [0, 0.05) is 24.8 Å². The van der Waals surface area contributed by atoms with Gasteiger partial charge in [0.1, 0.15) is 27.5 Å². The minimum atomic E-state index is -3.00. The van der Waals surface area contributed by atoms with Gasteiger partial charge in [-0.15, -0.1) is 0 Å². The van der Waals surface area contributed by atoms with Crippen molar-refractivity contribution in [1.29, 1.82) is 0 Å². The van der Waals surface area contributed by atoms with Gasteiger partial charge in [0.15, 0.2) is 5.96 Å². The highest BCUT2D eigenvalue weighted by molar-refractivity contribution is 7.90. The van der Waals surface area contributed by atoms with Gasteiger partial charge in [-0.1, -0.05) is 0 Å². The highest BCUT2D eigenvalue weighted by atomic mass is 32.2. The molecule has 1 saturated carbocycles. The third kappa shape index (κ3) is 7.19. The zero-order chi connectivity index (χ0) is 19.2. The molecule has 26 heavy (non-hydrogen) atoms. The average molecular weight is 386 g/mol. The Balaban J connectivity index is 1.86. The number of nitrogens with one attached hydrogen (secondary N) is 2. The van der Waals surface area contributed by atoms with Gasteiger partial charge in [0.05, 0.1) is 12.3 Å². The molecular formula is C18H28FN3O3S. The van der Waals surface area contributed by atoms with Crippen molar-refractivity contribution in [2.75, 3.05) is 31.6 Å². The van der Waals surface area contributed by atoms with E-state index < -0.39 is 9.84 Å². The maximum atomic E-state index is 12.9. The highest BCUT2D eigenvalue weighted by Crippen LogP contribution is 2.46. The van der Waals surface area contributed by atoms with Crippen molar-refractivity contribution in [3.8, 4) is 5.75 Å². The number of benzene rings is 1. The lowest BCUT2D eigenvalue weighted by Gasteiger charge is -2.18. The van der Waals surface area contributed by atoms with Gasteiger partial charge in [0.2, 0.25) is 0 Å². The molecule has 146 valence electrons. The minimum Gasteiger partial charge on any atom is -0.489 e. The van der Waals surface area contributed by atoms with Crippen LogP contribution in [0.15, 0.2) is 29.3 Å². The van der Waals surface area contributed by atoms with Gasteiger partial charge in [-0.05, 0) is 51.0 Å². The predicted octanol–water partition coefficient (Wildman–Crippen LogP) is 1.97. The van der Waals surface area contributed by atoms with Crippen molar-refractivity contribution in [3.05, 3.63) is 30.1 Å². The van der Waals surface area contributed by atoms with Crippen LogP contribution in [0.5, 0.6) is 5.75 Å². The molecule has 0 radical (unpaired) electrons. The van der Waals surface area contributed by atoms with Crippen molar-refractivity contribution < 1.29 is 17.5 Å². The van der Waals surface area contributed by atoms with Gasteiger partial charge < -0.3 is 15.4 Å². The monoisotopic (exact) mass is 385 g/mol. The standard InChI is InChI=1S/C18H28FN3O3S/c1-4-20-17(22-12-18(9-10-18)13-26(3,23)24)21-11-14(2)25-16-7-5-15(19)6-8-16/h5-8,14H,4,9-13H2,1-3H3,(H2,20,21,22). The summed E-state index contributed by atoms with van der Waals surface area (Å²) >= 11 is 0. The molecule has 0 amide bonds. The fraction of sp³-hybridized carbons (Fsp3) is 0.611. The molecule has 0 heterocycles.